The lowest BCUT2D eigenvalue weighted by atomic mass is 9.81. The Morgan fingerprint density at radius 3 is 2.58 bits per heavy atom. The molecule has 1 fully saturated rings. The summed E-state index contributed by atoms with van der Waals surface area (Å²) in [5.41, 5.74) is 1.97. The second-order valence-electron chi connectivity index (χ2n) is 8.13. The monoisotopic (exact) mass is 421 g/mol. The molecule has 2 heterocycles. The molecule has 1 aliphatic rings. The Morgan fingerprint density at radius 1 is 1.10 bits per heavy atom. The molecule has 4 rings (SSSR count). The topological polar surface area (TPSA) is 84.7 Å². The average molecular weight is 421 g/mol. The zero-order chi connectivity index (χ0) is 21.8. The van der Waals surface area contributed by atoms with Gasteiger partial charge < -0.3 is 19.3 Å². The number of carbonyl (C=O) groups excluding carboxylic acids is 1. The van der Waals surface area contributed by atoms with Gasteiger partial charge in [0.15, 0.2) is 6.61 Å². The quantitative estimate of drug-likeness (QED) is 0.634. The molecule has 1 N–H and O–H groups in total. The summed E-state index contributed by atoms with van der Waals surface area (Å²) in [7, 11) is 1.98. The van der Waals surface area contributed by atoms with Gasteiger partial charge >= 0.3 is 5.97 Å². The second-order valence-corrected chi connectivity index (χ2v) is 8.13. The molecule has 1 aromatic heterocycles. The number of ether oxygens (including phenoxy) is 1. The predicted octanol–water partition coefficient (Wildman–Crippen LogP) is 3.13. The molecule has 0 spiro atoms. The van der Waals surface area contributed by atoms with Crippen LogP contribution in [0.5, 0.6) is 5.75 Å². The summed E-state index contributed by atoms with van der Waals surface area (Å²) in [6, 6.07) is 17.2. The van der Waals surface area contributed by atoms with Gasteiger partial charge in [0, 0.05) is 33.0 Å². The summed E-state index contributed by atoms with van der Waals surface area (Å²) < 4.78 is 7.69. The van der Waals surface area contributed by atoms with E-state index in [0.717, 1.165) is 16.9 Å². The standard InChI is InChI=1S/C24H27N3O4/c1-26-21-10-6-5-9-20(21)25-22(26)13-18-15-27(12-11-17(18)14-24(29)30)23(28)16-31-19-7-3-2-4-8-19/h2-10,17-18H,11-16H2,1H3,(H,29,30)/t17-,18-/m0/s1. The van der Waals surface area contributed by atoms with Crippen molar-refractivity contribution in [1.82, 2.24) is 14.5 Å². The number of hydrogen-bond acceptors (Lipinski definition) is 4. The lowest BCUT2D eigenvalue weighted by Crippen LogP contribution is -2.46. The summed E-state index contributed by atoms with van der Waals surface area (Å²) >= 11 is 0. The van der Waals surface area contributed by atoms with Crippen LogP contribution in [0.15, 0.2) is 54.6 Å². The molecule has 0 saturated carbocycles. The number of fused-ring (bicyclic) bond motifs is 1. The van der Waals surface area contributed by atoms with Crippen molar-refractivity contribution in [3.63, 3.8) is 0 Å². The first-order chi connectivity index (χ1) is 15.0. The predicted molar refractivity (Wildman–Crippen MR) is 117 cm³/mol. The van der Waals surface area contributed by atoms with Crippen molar-refractivity contribution in [1.29, 1.82) is 0 Å². The van der Waals surface area contributed by atoms with Crippen molar-refractivity contribution in [2.75, 3.05) is 19.7 Å². The van der Waals surface area contributed by atoms with Gasteiger partial charge in [-0.3, -0.25) is 9.59 Å². The van der Waals surface area contributed by atoms with Crippen LogP contribution in [-0.4, -0.2) is 51.1 Å². The smallest absolute Gasteiger partial charge is 0.303 e. The molecule has 7 heteroatoms. The molecule has 1 saturated heterocycles. The van der Waals surface area contributed by atoms with Gasteiger partial charge in [0.25, 0.3) is 5.91 Å². The number of rotatable bonds is 7. The number of aromatic nitrogens is 2. The molecule has 0 radical (unpaired) electrons. The van der Waals surface area contributed by atoms with Crippen molar-refractivity contribution < 1.29 is 19.4 Å². The zero-order valence-electron chi connectivity index (χ0n) is 17.6. The van der Waals surface area contributed by atoms with Crippen LogP contribution in [0.4, 0.5) is 0 Å². The van der Waals surface area contributed by atoms with E-state index in [1.807, 2.05) is 61.6 Å². The van der Waals surface area contributed by atoms with Crippen LogP contribution in [0.2, 0.25) is 0 Å². The first-order valence-electron chi connectivity index (χ1n) is 10.6. The maximum atomic E-state index is 12.8. The molecule has 162 valence electrons. The molecule has 1 aliphatic heterocycles. The van der Waals surface area contributed by atoms with E-state index in [1.54, 1.807) is 4.90 Å². The number of carbonyl (C=O) groups is 2. The van der Waals surface area contributed by atoms with Gasteiger partial charge in [0.2, 0.25) is 0 Å². The molecule has 1 amide bonds. The summed E-state index contributed by atoms with van der Waals surface area (Å²) in [5.74, 6) is 0.738. The Morgan fingerprint density at radius 2 is 1.84 bits per heavy atom. The van der Waals surface area contributed by atoms with Crippen LogP contribution in [0.3, 0.4) is 0 Å². The maximum absolute atomic E-state index is 12.8. The highest BCUT2D eigenvalue weighted by molar-refractivity contribution is 5.78. The second kappa shape index (κ2) is 9.20. The van der Waals surface area contributed by atoms with Crippen molar-refractivity contribution in [3.05, 3.63) is 60.4 Å². The Balaban J connectivity index is 1.47. The number of hydrogen-bond donors (Lipinski definition) is 1. The van der Waals surface area contributed by atoms with Gasteiger partial charge in [-0.2, -0.15) is 0 Å². The van der Waals surface area contributed by atoms with E-state index in [4.69, 9.17) is 9.72 Å². The maximum Gasteiger partial charge on any atom is 0.303 e. The fourth-order valence-electron chi connectivity index (χ4n) is 4.40. The van der Waals surface area contributed by atoms with Crippen LogP contribution in [0.1, 0.15) is 18.7 Å². The number of likely N-dealkylation sites (tertiary alicyclic amines) is 1. The first kappa shape index (κ1) is 20.9. The van der Waals surface area contributed by atoms with Crippen molar-refractivity contribution in [2.45, 2.75) is 19.3 Å². The minimum Gasteiger partial charge on any atom is -0.484 e. The third-order valence-corrected chi connectivity index (χ3v) is 6.11. The molecular weight excluding hydrogens is 394 g/mol. The van der Waals surface area contributed by atoms with E-state index in [9.17, 15) is 14.7 Å². The minimum atomic E-state index is -0.799. The Hall–Kier alpha value is -3.35. The molecule has 2 aromatic carbocycles. The molecule has 0 bridgehead atoms. The van der Waals surface area contributed by atoms with Crippen LogP contribution >= 0.6 is 0 Å². The van der Waals surface area contributed by atoms with E-state index < -0.39 is 5.97 Å². The largest absolute Gasteiger partial charge is 0.484 e. The van der Waals surface area contributed by atoms with Crippen molar-refractivity contribution in [3.8, 4) is 5.75 Å². The Kier molecular flexibility index (Phi) is 6.21. The number of imidazole rings is 1. The van der Waals surface area contributed by atoms with Gasteiger partial charge in [0.1, 0.15) is 11.6 Å². The fourth-order valence-corrected chi connectivity index (χ4v) is 4.40. The fraction of sp³-hybridized carbons (Fsp3) is 0.375. The van der Waals surface area contributed by atoms with E-state index in [1.165, 1.54) is 0 Å². The third-order valence-electron chi connectivity index (χ3n) is 6.11. The summed E-state index contributed by atoms with van der Waals surface area (Å²) in [6.45, 7) is 1.04. The Bertz CT molecular complexity index is 1060. The average Bonchev–Trinajstić information content (AvgIpc) is 3.09. The summed E-state index contributed by atoms with van der Waals surface area (Å²) in [5, 5.41) is 9.38. The molecule has 7 nitrogen and oxygen atoms in total. The number of carboxylic acids is 1. The molecule has 31 heavy (non-hydrogen) atoms. The van der Waals surface area contributed by atoms with Crippen LogP contribution in [0, 0.1) is 11.8 Å². The first-order valence-corrected chi connectivity index (χ1v) is 10.6. The van der Waals surface area contributed by atoms with E-state index in [2.05, 4.69) is 4.57 Å². The van der Waals surface area contributed by atoms with Crippen molar-refractivity contribution >= 4 is 22.9 Å². The summed E-state index contributed by atoms with van der Waals surface area (Å²) in [6.07, 6.45) is 1.40. The van der Waals surface area contributed by atoms with E-state index in [-0.39, 0.29) is 30.8 Å². The van der Waals surface area contributed by atoms with Gasteiger partial charge in [-0.25, -0.2) is 4.98 Å². The van der Waals surface area contributed by atoms with Crippen LogP contribution < -0.4 is 4.74 Å². The number of benzene rings is 2. The van der Waals surface area contributed by atoms with Crippen molar-refractivity contribution in [2.24, 2.45) is 18.9 Å². The summed E-state index contributed by atoms with van der Waals surface area (Å²) in [4.78, 5) is 30.8. The minimum absolute atomic E-state index is 0.0106. The highest BCUT2D eigenvalue weighted by Crippen LogP contribution is 2.30. The lowest BCUT2D eigenvalue weighted by Gasteiger charge is -2.38. The number of aliphatic carboxylic acids is 1. The number of para-hydroxylation sites is 3. The normalized spacial score (nSPS) is 18.8. The number of carboxylic acid groups (broad SMARTS) is 1. The molecule has 0 aliphatic carbocycles. The molecular formula is C24H27N3O4. The van der Waals surface area contributed by atoms with Crippen LogP contribution in [-0.2, 0) is 23.1 Å². The number of nitrogens with zero attached hydrogens (tertiary/aromatic N) is 3. The van der Waals surface area contributed by atoms with Gasteiger partial charge in [-0.05, 0) is 42.5 Å². The Labute approximate surface area is 181 Å². The molecule has 2 atom stereocenters. The number of amides is 1. The SMILES string of the molecule is Cn1c(C[C@H]2CN(C(=O)COc3ccccc3)CC[C@H]2CC(=O)O)nc2ccccc21. The highest BCUT2D eigenvalue weighted by Gasteiger charge is 2.34. The van der Waals surface area contributed by atoms with E-state index in [0.29, 0.717) is 31.7 Å². The third kappa shape index (κ3) is 4.87. The van der Waals surface area contributed by atoms with Crippen LogP contribution in [0.25, 0.3) is 11.0 Å². The lowest BCUT2D eigenvalue weighted by molar-refractivity contribution is -0.140. The van der Waals surface area contributed by atoms with E-state index >= 15 is 0 Å². The van der Waals surface area contributed by atoms with Gasteiger partial charge in [0.05, 0.1) is 11.0 Å². The number of aryl methyl sites for hydroxylation is 1. The highest BCUT2D eigenvalue weighted by atomic mass is 16.5. The van der Waals surface area contributed by atoms with Gasteiger partial charge in [-0.1, -0.05) is 30.3 Å². The number of piperidine rings is 1. The molecule has 0 unspecified atom stereocenters. The molecule has 3 aromatic rings. The van der Waals surface area contributed by atoms with Gasteiger partial charge in [-0.15, -0.1) is 0 Å². The zero-order valence-corrected chi connectivity index (χ0v) is 17.6.